The molecular weight excluding hydrogens is 262 g/mol. The van der Waals surface area contributed by atoms with E-state index in [4.69, 9.17) is 26.8 Å². The maximum absolute atomic E-state index is 6.45. The van der Waals surface area contributed by atoms with Crippen LogP contribution >= 0.6 is 11.6 Å². The number of hydrogen-bond acceptors (Lipinski definition) is 3. The third-order valence-corrected chi connectivity index (χ3v) is 4.66. The fourth-order valence-electron chi connectivity index (χ4n) is 2.93. The molecule has 2 rings (SSSR count). The van der Waals surface area contributed by atoms with Gasteiger partial charge < -0.3 is 15.2 Å². The predicted molar refractivity (Wildman–Crippen MR) is 78.5 cm³/mol. The number of halogens is 1. The fraction of sp³-hybridized carbons (Fsp3) is 0.600. The summed E-state index contributed by atoms with van der Waals surface area (Å²) in [6.45, 7) is 2.73. The molecule has 0 atom stereocenters. The van der Waals surface area contributed by atoms with Crippen LogP contribution in [0.3, 0.4) is 0 Å². The molecule has 0 saturated heterocycles. The average Bonchev–Trinajstić information content (AvgIpc) is 2.37. The normalized spacial score (nSPS) is 16.9. The van der Waals surface area contributed by atoms with E-state index in [1.165, 1.54) is 6.42 Å². The highest BCUT2D eigenvalue weighted by molar-refractivity contribution is 6.33. The second kappa shape index (κ2) is 5.59. The Bertz CT molecular complexity index is 464. The number of rotatable bonds is 5. The zero-order valence-corrected chi connectivity index (χ0v) is 12.6. The lowest BCUT2D eigenvalue weighted by atomic mass is 9.64. The summed E-state index contributed by atoms with van der Waals surface area (Å²) in [5.41, 5.74) is 8.30. The van der Waals surface area contributed by atoms with Gasteiger partial charge in [-0.25, -0.2) is 0 Å². The second-order valence-corrected chi connectivity index (χ2v) is 5.53. The first-order chi connectivity index (χ1) is 9.13. The van der Waals surface area contributed by atoms with Crippen molar-refractivity contribution in [2.45, 2.75) is 38.0 Å². The summed E-state index contributed by atoms with van der Waals surface area (Å²) in [6.07, 6.45) is 4.29. The summed E-state index contributed by atoms with van der Waals surface area (Å²) < 4.78 is 11.0. The van der Waals surface area contributed by atoms with Crippen molar-refractivity contribution in [3.63, 3.8) is 0 Å². The smallest absolute Gasteiger partial charge is 0.145 e. The van der Waals surface area contributed by atoms with Crippen LogP contribution in [0.4, 0.5) is 0 Å². The van der Waals surface area contributed by atoms with Gasteiger partial charge >= 0.3 is 0 Å². The van der Waals surface area contributed by atoms with Gasteiger partial charge in [-0.15, -0.1) is 0 Å². The summed E-state index contributed by atoms with van der Waals surface area (Å²) in [5.74, 6) is 1.44. The van der Waals surface area contributed by atoms with Gasteiger partial charge in [0.1, 0.15) is 16.5 Å². The van der Waals surface area contributed by atoms with Gasteiger partial charge in [0, 0.05) is 17.5 Å². The summed E-state index contributed by atoms with van der Waals surface area (Å²) >= 11 is 6.45. The average molecular weight is 284 g/mol. The number of benzene rings is 1. The van der Waals surface area contributed by atoms with Gasteiger partial charge in [0.2, 0.25) is 0 Å². The molecule has 0 unspecified atom stereocenters. The van der Waals surface area contributed by atoms with Crippen molar-refractivity contribution in [2.24, 2.45) is 5.73 Å². The molecule has 0 aliphatic heterocycles. The number of ether oxygens (including phenoxy) is 2. The minimum Gasteiger partial charge on any atom is -0.495 e. The summed E-state index contributed by atoms with van der Waals surface area (Å²) in [5, 5.41) is 0.569. The van der Waals surface area contributed by atoms with E-state index in [0.717, 1.165) is 41.9 Å². The molecule has 0 amide bonds. The molecule has 0 radical (unpaired) electrons. The lowest BCUT2D eigenvalue weighted by Gasteiger charge is -2.42. The molecular formula is C15H22ClNO2. The fourth-order valence-corrected chi connectivity index (χ4v) is 3.31. The molecule has 0 aromatic heterocycles. The van der Waals surface area contributed by atoms with Gasteiger partial charge in [0.25, 0.3) is 0 Å². The maximum atomic E-state index is 6.45. The Balaban J connectivity index is 2.63. The van der Waals surface area contributed by atoms with Crippen LogP contribution in [-0.2, 0) is 11.8 Å². The Morgan fingerprint density at radius 1 is 1.26 bits per heavy atom. The topological polar surface area (TPSA) is 44.5 Å². The van der Waals surface area contributed by atoms with Crippen LogP contribution < -0.4 is 15.2 Å². The van der Waals surface area contributed by atoms with E-state index >= 15 is 0 Å². The molecule has 2 N–H and O–H groups in total. The first-order valence-electron chi connectivity index (χ1n) is 6.77. The molecule has 4 heteroatoms. The van der Waals surface area contributed by atoms with E-state index in [0.29, 0.717) is 11.6 Å². The third kappa shape index (κ3) is 2.19. The van der Waals surface area contributed by atoms with Gasteiger partial charge in [-0.3, -0.25) is 0 Å². The Labute approximate surface area is 120 Å². The van der Waals surface area contributed by atoms with Crippen LogP contribution in [0.2, 0.25) is 5.02 Å². The van der Waals surface area contributed by atoms with Crippen molar-refractivity contribution in [1.82, 2.24) is 0 Å². The van der Waals surface area contributed by atoms with E-state index in [9.17, 15) is 0 Å². The van der Waals surface area contributed by atoms with E-state index in [-0.39, 0.29) is 5.41 Å². The summed E-state index contributed by atoms with van der Waals surface area (Å²) in [6, 6.07) is 2.16. The van der Waals surface area contributed by atoms with Crippen molar-refractivity contribution in [1.29, 1.82) is 0 Å². The zero-order chi connectivity index (χ0) is 14.0. The summed E-state index contributed by atoms with van der Waals surface area (Å²) in [7, 11) is 3.29. The van der Waals surface area contributed by atoms with Gasteiger partial charge in [-0.2, -0.15) is 0 Å². The van der Waals surface area contributed by atoms with Crippen LogP contribution in [-0.4, -0.2) is 20.8 Å². The number of nitrogens with two attached hydrogens (primary N) is 1. The molecule has 1 aliphatic carbocycles. The molecule has 0 bridgehead atoms. The Kier molecular flexibility index (Phi) is 4.26. The molecule has 19 heavy (non-hydrogen) atoms. The minimum atomic E-state index is 0.0329. The predicted octanol–water partition coefficient (Wildman–Crippen LogP) is 3.30. The van der Waals surface area contributed by atoms with Gasteiger partial charge in [-0.05, 0) is 30.9 Å². The van der Waals surface area contributed by atoms with Crippen molar-refractivity contribution in [3.8, 4) is 11.5 Å². The Morgan fingerprint density at radius 3 is 2.26 bits per heavy atom. The van der Waals surface area contributed by atoms with Crippen LogP contribution in [0.15, 0.2) is 6.07 Å². The van der Waals surface area contributed by atoms with Gasteiger partial charge in [0.05, 0.1) is 14.2 Å². The van der Waals surface area contributed by atoms with E-state index in [2.05, 4.69) is 13.0 Å². The molecule has 1 aromatic carbocycles. The Morgan fingerprint density at radius 2 is 1.89 bits per heavy atom. The van der Waals surface area contributed by atoms with E-state index in [1.807, 2.05) is 0 Å². The number of hydrogen-bond donors (Lipinski definition) is 1. The Hall–Kier alpha value is -0.930. The van der Waals surface area contributed by atoms with Gasteiger partial charge in [0.15, 0.2) is 0 Å². The van der Waals surface area contributed by atoms with Crippen molar-refractivity contribution >= 4 is 11.6 Å². The van der Waals surface area contributed by atoms with Crippen LogP contribution in [0, 0.1) is 0 Å². The molecule has 106 valence electrons. The largest absolute Gasteiger partial charge is 0.495 e. The highest BCUT2D eigenvalue weighted by Gasteiger charge is 2.41. The molecule has 3 nitrogen and oxygen atoms in total. The molecule has 1 fully saturated rings. The maximum Gasteiger partial charge on any atom is 0.145 e. The lowest BCUT2D eigenvalue weighted by molar-refractivity contribution is 0.242. The first kappa shape index (κ1) is 14.5. The highest BCUT2D eigenvalue weighted by atomic mass is 35.5. The first-order valence-corrected chi connectivity index (χ1v) is 7.15. The summed E-state index contributed by atoms with van der Waals surface area (Å²) in [4.78, 5) is 0. The monoisotopic (exact) mass is 283 g/mol. The zero-order valence-electron chi connectivity index (χ0n) is 11.9. The standard InChI is InChI=1S/C15H22ClNO2/c1-4-10-8-11(15(9-17)6-5-7-15)14(19-3)12(16)13(10)18-2/h8H,4-7,9,17H2,1-3H3. The van der Waals surface area contributed by atoms with E-state index < -0.39 is 0 Å². The molecule has 1 saturated carbocycles. The van der Waals surface area contributed by atoms with Crippen LogP contribution in [0.1, 0.15) is 37.3 Å². The third-order valence-electron chi connectivity index (χ3n) is 4.32. The van der Waals surface area contributed by atoms with Crippen molar-refractivity contribution in [2.75, 3.05) is 20.8 Å². The van der Waals surface area contributed by atoms with Gasteiger partial charge in [-0.1, -0.05) is 24.9 Å². The highest BCUT2D eigenvalue weighted by Crippen LogP contribution is 2.51. The quantitative estimate of drug-likeness (QED) is 0.902. The number of methoxy groups -OCH3 is 2. The minimum absolute atomic E-state index is 0.0329. The number of aryl methyl sites for hydroxylation is 1. The van der Waals surface area contributed by atoms with Crippen LogP contribution in [0.25, 0.3) is 0 Å². The molecule has 1 aromatic rings. The van der Waals surface area contributed by atoms with Crippen molar-refractivity contribution < 1.29 is 9.47 Å². The SMILES string of the molecule is CCc1cc(C2(CN)CCC2)c(OC)c(Cl)c1OC. The molecule has 1 aliphatic rings. The van der Waals surface area contributed by atoms with Crippen molar-refractivity contribution in [3.05, 3.63) is 22.2 Å². The molecule has 0 heterocycles. The second-order valence-electron chi connectivity index (χ2n) is 5.16. The van der Waals surface area contributed by atoms with E-state index in [1.54, 1.807) is 14.2 Å². The lowest BCUT2D eigenvalue weighted by Crippen LogP contribution is -2.42. The molecule has 0 spiro atoms. The van der Waals surface area contributed by atoms with Crippen LogP contribution in [0.5, 0.6) is 11.5 Å².